The van der Waals surface area contributed by atoms with Gasteiger partial charge in [-0.25, -0.2) is 4.98 Å². The number of anilines is 1. The Bertz CT molecular complexity index is 444. The summed E-state index contributed by atoms with van der Waals surface area (Å²) < 4.78 is 0. The number of nitrogens with zero attached hydrogens (tertiary/aromatic N) is 3. The fourth-order valence-corrected chi connectivity index (χ4v) is 2.42. The van der Waals surface area contributed by atoms with Crippen LogP contribution in [0.1, 0.15) is 18.4 Å². The third kappa shape index (κ3) is 2.51. The molecule has 1 N–H and O–H groups in total. The van der Waals surface area contributed by atoms with Crippen molar-refractivity contribution in [2.45, 2.75) is 12.8 Å². The van der Waals surface area contributed by atoms with E-state index >= 15 is 0 Å². The van der Waals surface area contributed by atoms with E-state index in [0.717, 1.165) is 25.9 Å². The van der Waals surface area contributed by atoms with E-state index in [4.69, 9.17) is 16.9 Å². The number of rotatable bonds is 2. The van der Waals surface area contributed by atoms with E-state index in [1.807, 2.05) is 4.90 Å². The highest BCUT2D eigenvalue weighted by Gasteiger charge is 2.22. The summed E-state index contributed by atoms with van der Waals surface area (Å²) in [6.07, 6.45) is 3.64. The molecule has 0 saturated carbocycles. The van der Waals surface area contributed by atoms with Crippen LogP contribution in [0, 0.1) is 17.2 Å². The molecule has 1 aromatic heterocycles. The molecule has 17 heavy (non-hydrogen) atoms. The first-order valence-electron chi connectivity index (χ1n) is 5.66. The van der Waals surface area contributed by atoms with Crippen LogP contribution >= 0.6 is 11.6 Å². The van der Waals surface area contributed by atoms with Crippen molar-refractivity contribution in [3.8, 4) is 6.07 Å². The fraction of sp³-hybridized carbons (Fsp3) is 0.500. The van der Waals surface area contributed by atoms with Crippen molar-refractivity contribution in [1.29, 1.82) is 5.26 Å². The standard InChI is InChI=1S/C12H14ClN3O/c13-11-10(6-14)3-4-15-12(11)16-5-1-2-9(7-16)8-17/h3-4,9,17H,1-2,5,7-8H2. The Morgan fingerprint density at radius 2 is 2.47 bits per heavy atom. The predicted octanol–water partition coefficient (Wildman–Crippen LogP) is 1.82. The van der Waals surface area contributed by atoms with Gasteiger partial charge in [-0.1, -0.05) is 11.6 Å². The molecule has 5 heteroatoms. The summed E-state index contributed by atoms with van der Waals surface area (Å²) in [6.45, 7) is 1.81. The minimum atomic E-state index is 0.187. The van der Waals surface area contributed by atoms with Gasteiger partial charge in [0.1, 0.15) is 16.9 Å². The van der Waals surface area contributed by atoms with Gasteiger partial charge in [0, 0.05) is 25.9 Å². The number of nitriles is 1. The minimum Gasteiger partial charge on any atom is -0.396 e. The molecule has 90 valence electrons. The molecule has 0 amide bonds. The number of aromatic nitrogens is 1. The van der Waals surface area contributed by atoms with E-state index in [1.165, 1.54) is 0 Å². The Morgan fingerprint density at radius 3 is 3.18 bits per heavy atom. The summed E-state index contributed by atoms with van der Waals surface area (Å²) in [6, 6.07) is 3.66. The van der Waals surface area contributed by atoms with E-state index in [0.29, 0.717) is 16.4 Å². The topological polar surface area (TPSA) is 60.2 Å². The third-order valence-electron chi connectivity index (χ3n) is 3.07. The molecule has 1 fully saturated rings. The van der Waals surface area contributed by atoms with Crippen LogP contribution < -0.4 is 4.90 Å². The lowest BCUT2D eigenvalue weighted by atomic mass is 9.99. The van der Waals surface area contributed by atoms with Gasteiger partial charge in [-0.3, -0.25) is 0 Å². The predicted molar refractivity (Wildman–Crippen MR) is 66.0 cm³/mol. The molecule has 1 atom stereocenters. The zero-order valence-electron chi connectivity index (χ0n) is 9.43. The smallest absolute Gasteiger partial charge is 0.148 e. The van der Waals surface area contributed by atoms with Gasteiger partial charge in [0.15, 0.2) is 0 Å². The molecule has 4 nitrogen and oxygen atoms in total. The molecular weight excluding hydrogens is 238 g/mol. The summed E-state index contributed by atoms with van der Waals surface area (Å²) in [7, 11) is 0. The molecular formula is C12H14ClN3O. The SMILES string of the molecule is N#Cc1ccnc(N2CCCC(CO)C2)c1Cl. The molecule has 1 saturated heterocycles. The van der Waals surface area contributed by atoms with Crippen molar-refractivity contribution < 1.29 is 5.11 Å². The zero-order valence-corrected chi connectivity index (χ0v) is 10.2. The Labute approximate surface area is 105 Å². The average Bonchev–Trinajstić information content (AvgIpc) is 2.39. The van der Waals surface area contributed by atoms with Crippen molar-refractivity contribution in [2.75, 3.05) is 24.6 Å². The lowest BCUT2D eigenvalue weighted by Crippen LogP contribution is -2.37. The van der Waals surface area contributed by atoms with E-state index in [-0.39, 0.29) is 12.5 Å². The van der Waals surface area contributed by atoms with Gasteiger partial charge in [0.05, 0.1) is 5.56 Å². The summed E-state index contributed by atoms with van der Waals surface area (Å²) in [5, 5.41) is 18.5. The third-order valence-corrected chi connectivity index (χ3v) is 3.44. The molecule has 1 unspecified atom stereocenters. The van der Waals surface area contributed by atoms with E-state index < -0.39 is 0 Å². The van der Waals surface area contributed by atoms with Crippen LogP contribution in [0.3, 0.4) is 0 Å². The van der Waals surface area contributed by atoms with Crippen LogP contribution in [-0.4, -0.2) is 29.8 Å². The van der Waals surface area contributed by atoms with E-state index in [9.17, 15) is 5.11 Å². The molecule has 2 heterocycles. The van der Waals surface area contributed by atoms with Crippen LogP contribution in [0.25, 0.3) is 0 Å². The Balaban J connectivity index is 2.25. The number of pyridine rings is 1. The summed E-state index contributed by atoms with van der Waals surface area (Å²) in [4.78, 5) is 6.29. The van der Waals surface area contributed by atoms with Gasteiger partial charge >= 0.3 is 0 Å². The monoisotopic (exact) mass is 251 g/mol. The molecule has 2 rings (SSSR count). The Kier molecular flexibility index (Phi) is 3.82. The zero-order chi connectivity index (χ0) is 12.3. The van der Waals surface area contributed by atoms with Crippen LogP contribution in [0.2, 0.25) is 5.02 Å². The largest absolute Gasteiger partial charge is 0.396 e. The van der Waals surface area contributed by atoms with Crippen molar-refractivity contribution in [2.24, 2.45) is 5.92 Å². The average molecular weight is 252 g/mol. The highest BCUT2D eigenvalue weighted by atomic mass is 35.5. The van der Waals surface area contributed by atoms with Gasteiger partial charge < -0.3 is 10.0 Å². The fourth-order valence-electron chi connectivity index (χ4n) is 2.15. The summed E-state index contributed by atoms with van der Waals surface area (Å²) >= 11 is 6.14. The minimum absolute atomic E-state index is 0.187. The highest BCUT2D eigenvalue weighted by Crippen LogP contribution is 2.29. The van der Waals surface area contributed by atoms with Crippen LogP contribution in [0.4, 0.5) is 5.82 Å². The van der Waals surface area contributed by atoms with Crippen molar-refractivity contribution >= 4 is 17.4 Å². The van der Waals surface area contributed by atoms with Crippen LogP contribution in [0.15, 0.2) is 12.3 Å². The van der Waals surface area contributed by atoms with Crippen LogP contribution in [-0.2, 0) is 0 Å². The maximum atomic E-state index is 9.19. The molecule has 0 radical (unpaired) electrons. The number of aliphatic hydroxyl groups excluding tert-OH is 1. The molecule has 0 spiro atoms. The van der Waals surface area contributed by atoms with Gasteiger partial charge in [0.2, 0.25) is 0 Å². The maximum Gasteiger partial charge on any atom is 0.148 e. The first kappa shape index (κ1) is 12.2. The van der Waals surface area contributed by atoms with Crippen LogP contribution in [0.5, 0.6) is 0 Å². The molecule has 0 aliphatic carbocycles. The number of hydrogen-bond acceptors (Lipinski definition) is 4. The van der Waals surface area contributed by atoms with E-state index in [2.05, 4.69) is 11.1 Å². The molecule has 0 aromatic carbocycles. The quantitative estimate of drug-likeness (QED) is 0.871. The first-order chi connectivity index (χ1) is 8.26. The van der Waals surface area contributed by atoms with Gasteiger partial charge in [0.25, 0.3) is 0 Å². The maximum absolute atomic E-state index is 9.19. The highest BCUT2D eigenvalue weighted by molar-refractivity contribution is 6.34. The van der Waals surface area contributed by atoms with Crippen molar-refractivity contribution in [1.82, 2.24) is 4.98 Å². The number of hydrogen-bond donors (Lipinski definition) is 1. The lowest BCUT2D eigenvalue weighted by molar-refractivity contribution is 0.208. The molecule has 1 aromatic rings. The second kappa shape index (κ2) is 5.35. The van der Waals surface area contributed by atoms with Gasteiger partial charge in [-0.2, -0.15) is 5.26 Å². The number of aliphatic hydroxyl groups is 1. The first-order valence-corrected chi connectivity index (χ1v) is 6.04. The molecule has 1 aliphatic heterocycles. The summed E-state index contributed by atoms with van der Waals surface area (Å²) in [5.41, 5.74) is 0.447. The molecule has 0 bridgehead atoms. The summed E-state index contributed by atoms with van der Waals surface area (Å²) in [5.74, 6) is 0.927. The van der Waals surface area contributed by atoms with Gasteiger partial charge in [-0.15, -0.1) is 0 Å². The van der Waals surface area contributed by atoms with E-state index in [1.54, 1.807) is 12.3 Å². The van der Waals surface area contributed by atoms with Gasteiger partial charge in [-0.05, 0) is 24.8 Å². The Morgan fingerprint density at radius 1 is 1.65 bits per heavy atom. The second-order valence-electron chi connectivity index (χ2n) is 4.24. The normalized spacial score (nSPS) is 20.1. The molecule has 1 aliphatic rings. The number of piperidine rings is 1. The number of halogens is 1. The Hall–Kier alpha value is -1.31. The van der Waals surface area contributed by atoms with Crippen molar-refractivity contribution in [3.05, 3.63) is 22.8 Å². The van der Waals surface area contributed by atoms with Crippen molar-refractivity contribution in [3.63, 3.8) is 0 Å². The second-order valence-corrected chi connectivity index (χ2v) is 4.62. The lowest BCUT2D eigenvalue weighted by Gasteiger charge is -2.33.